The van der Waals surface area contributed by atoms with Gasteiger partial charge in [0.15, 0.2) is 0 Å². The SMILES string of the molecule is O=C(O)C=CC(=O)O.[Na+].[OH-]. The monoisotopic (exact) mass is 156 g/mol. The Morgan fingerprint density at radius 1 is 1.00 bits per heavy atom. The Morgan fingerprint density at radius 2 is 1.20 bits per heavy atom. The molecule has 0 atom stereocenters. The van der Waals surface area contributed by atoms with Crippen LogP contribution in [-0.4, -0.2) is 27.6 Å². The standard InChI is InChI=1S/C4H4O4.Na.H2O/c5-3(6)1-2-4(7)8;;/h1-2H,(H,5,6)(H,7,8);;1H2/q;+1;/p-1. The van der Waals surface area contributed by atoms with Crippen molar-refractivity contribution in [3.8, 4) is 0 Å². The molecule has 0 aliphatic carbocycles. The van der Waals surface area contributed by atoms with Crippen LogP contribution < -0.4 is 29.6 Å². The second-order valence-electron chi connectivity index (χ2n) is 1.01. The minimum Gasteiger partial charge on any atom is -0.870 e. The number of rotatable bonds is 2. The van der Waals surface area contributed by atoms with E-state index in [0.717, 1.165) is 0 Å². The van der Waals surface area contributed by atoms with Crippen molar-refractivity contribution in [2.24, 2.45) is 0 Å². The van der Waals surface area contributed by atoms with Gasteiger partial charge in [0.1, 0.15) is 0 Å². The van der Waals surface area contributed by atoms with E-state index in [0.29, 0.717) is 12.2 Å². The quantitative estimate of drug-likeness (QED) is 0.319. The van der Waals surface area contributed by atoms with Crippen molar-refractivity contribution in [3.05, 3.63) is 12.2 Å². The third kappa shape index (κ3) is 15.6. The van der Waals surface area contributed by atoms with Crippen LogP contribution in [0.25, 0.3) is 0 Å². The van der Waals surface area contributed by atoms with Crippen LogP contribution >= 0.6 is 0 Å². The predicted octanol–water partition coefficient (Wildman–Crippen LogP) is -3.46. The van der Waals surface area contributed by atoms with E-state index >= 15 is 0 Å². The van der Waals surface area contributed by atoms with Crippen LogP contribution in [0.3, 0.4) is 0 Å². The Hall–Kier alpha value is -0.360. The van der Waals surface area contributed by atoms with Crippen LogP contribution in [0.5, 0.6) is 0 Å². The molecule has 0 aromatic rings. The van der Waals surface area contributed by atoms with Gasteiger partial charge in [-0.25, -0.2) is 9.59 Å². The third-order valence-corrected chi connectivity index (χ3v) is 0.368. The molecule has 0 saturated carbocycles. The first-order chi connectivity index (χ1) is 3.63. The maximum atomic E-state index is 9.55. The van der Waals surface area contributed by atoms with Gasteiger partial charge in [-0.2, -0.15) is 0 Å². The fourth-order valence-corrected chi connectivity index (χ4v) is 0.143. The smallest absolute Gasteiger partial charge is 0.870 e. The molecule has 52 valence electrons. The summed E-state index contributed by atoms with van der Waals surface area (Å²) in [6.07, 6.45) is 1.12. The molecule has 0 bridgehead atoms. The Balaban J connectivity index is -0.000000245. The summed E-state index contributed by atoms with van der Waals surface area (Å²) in [6, 6.07) is 0. The van der Waals surface area contributed by atoms with E-state index in [-0.39, 0.29) is 35.0 Å². The Labute approximate surface area is 79.0 Å². The van der Waals surface area contributed by atoms with Crippen molar-refractivity contribution in [1.82, 2.24) is 0 Å². The molecular weight excluding hydrogens is 151 g/mol. The van der Waals surface area contributed by atoms with Crippen molar-refractivity contribution in [2.45, 2.75) is 0 Å². The van der Waals surface area contributed by atoms with Gasteiger partial charge < -0.3 is 15.7 Å². The number of carboxylic acid groups (broad SMARTS) is 2. The Kier molecular flexibility index (Phi) is 14.1. The van der Waals surface area contributed by atoms with Gasteiger partial charge in [-0.3, -0.25) is 0 Å². The molecule has 0 aliphatic rings. The Morgan fingerprint density at radius 3 is 1.30 bits per heavy atom. The summed E-state index contributed by atoms with van der Waals surface area (Å²) in [6.45, 7) is 0. The minimum absolute atomic E-state index is 0. The summed E-state index contributed by atoms with van der Waals surface area (Å²) in [7, 11) is 0. The van der Waals surface area contributed by atoms with Crippen molar-refractivity contribution < 1.29 is 54.8 Å². The summed E-state index contributed by atoms with van der Waals surface area (Å²) in [5, 5.41) is 15.6. The zero-order valence-corrected chi connectivity index (χ0v) is 7.31. The first-order valence-corrected chi connectivity index (χ1v) is 1.77. The van der Waals surface area contributed by atoms with E-state index in [1.165, 1.54) is 0 Å². The second-order valence-corrected chi connectivity index (χ2v) is 1.01. The van der Waals surface area contributed by atoms with Crippen LogP contribution in [0.15, 0.2) is 12.2 Å². The first-order valence-electron chi connectivity index (χ1n) is 1.77. The number of hydrogen-bond acceptors (Lipinski definition) is 3. The molecule has 0 fully saturated rings. The summed E-state index contributed by atoms with van der Waals surface area (Å²) in [5.41, 5.74) is 0. The van der Waals surface area contributed by atoms with Crippen LogP contribution in [-0.2, 0) is 9.59 Å². The molecule has 0 heterocycles. The zero-order valence-electron chi connectivity index (χ0n) is 5.31. The van der Waals surface area contributed by atoms with Crippen molar-refractivity contribution in [2.75, 3.05) is 0 Å². The molecule has 6 heteroatoms. The normalized spacial score (nSPS) is 7.60. The van der Waals surface area contributed by atoms with E-state index in [2.05, 4.69) is 0 Å². The van der Waals surface area contributed by atoms with E-state index in [9.17, 15) is 9.59 Å². The number of carboxylic acids is 2. The third-order valence-electron chi connectivity index (χ3n) is 0.368. The van der Waals surface area contributed by atoms with Gasteiger partial charge in [0.25, 0.3) is 0 Å². The average Bonchev–Trinajstić information content (AvgIpc) is 1.61. The van der Waals surface area contributed by atoms with Gasteiger partial charge in [0.2, 0.25) is 0 Å². The molecule has 0 aliphatic heterocycles. The number of hydrogen-bond donors (Lipinski definition) is 2. The van der Waals surface area contributed by atoms with E-state index in [1.807, 2.05) is 0 Å². The van der Waals surface area contributed by atoms with Gasteiger partial charge in [0.05, 0.1) is 0 Å². The van der Waals surface area contributed by atoms with Crippen LogP contribution in [0.4, 0.5) is 0 Å². The van der Waals surface area contributed by atoms with Gasteiger partial charge in [-0.15, -0.1) is 0 Å². The van der Waals surface area contributed by atoms with Crippen LogP contribution in [0, 0.1) is 0 Å². The molecule has 0 saturated heterocycles. The molecule has 3 N–H and O–H groups in total. The maximum Gasteiger partial charge on any atom is 1.00 e. The van der Waals surface area contributed by atoms with E-state index < -0.39 is 11.9 Å². The summed E-state index contributed by atoms with van der Waals surface area (Å²) < 4.78 is 0. The second kappa shape index (κ2) is 8.64. The molecule has 0 unspecified atom stereocenters. The maximum absolute atomic E-state index is 9.55. The van der Waals surface area contributed by atoms with Crippen molar-refractivity contribution >= 4 is 11.9 Å². The number of carbonyl (C=O) groups is 2. The molecule has 0 aromatic carbocycles. The van der Waals surface area contributed by atoms with E-state index in [4.69, 9.17) is 10.2 Å². The van der Waals surface area contributed by atoms with Crippen molar-refractivity contribution in [1.29, 1.82) is 0 Å². The Bertz CT molecular complexity index is 125. The van der Waals surface area contributed by atoms with Gasteiger partial charge >= 0.3 is 41.5 Å². The molecule has 0 amide bonds. The van der Waals surface area contributed by atoms with Gasteiger partial charge in [-0.05, 0) is 0 Å². The summed E-state index contributed by atoms with van der Waals surface area (Å²) >= 11 is 0. The van der Waals surface area contributed by atoms with Gasteiger partial charge in [-0.1, -0.05) is 0 Å². The fraction of sp³-hybridized carbons (Fsp3) is 0. The first kappa shape index (κ1) is 16.3. The van der Waals surface area contributed by atoms with Crippen LogP contribution in [0.1, 0.15) is 0 Å². The largest absolute Gasteiger partial charge is 1.00 e. The van der Waals surface area contributed by atoms with E-state index in [1.54, 1.807) is 0 Å². The molecule has 0 aromatic heterocycles. The fourth-order valence-electron chi connectivity index (χ4n) is 0.143. The summed E-state index contributed by atoms with van der Waals surface area (Å²) in [5.74, 6) is -2.51. The van der Waals surface area contributed by atoms with Crippen LogP contribution in [0.2, 0.25) is 0 Å². The van der Waals surface area contributed by atoms with Gasteiger partial charge in [0, 0.05) is 12.2 Å². The predicted molar refractivity (Wildman–Crippen MR) is 26.3 cm³/mol. The molecule has 0 radical (unpaired) electrons. The minimum atomic E-state index is -1.26. The molecule has 10 heavy (non-hydrogen) atoms. The zero-order chi connectivity index (χ0) is 6.57. The molecule has 0 spiro atoms. The summed E-state index contributed by atoms with van der Waals surface area (Å²) in [4.78, 5) is 19.1. The van der Waals surface area contributed by atoms with Crippen molar-refractivity contribution in [3.63, 3.8) is 0 Å². The molecular formula is C4H5NaO5. The molecule has 5 nitrogen and oxygen atoms in total. The molecule has 0 rings (SSSR count). The number of aliphatic carboxylic acids is 2. The topological polar surface area (TPSA) is 105 Å². The average molecular weight is 156 g/mol.